The number of imidazole rings is 1. The third-order valence-corrected chi connectivity index (χ3v) is 4.78. The number of hydrogen-bond donors (Lipinski definition) is 1. The molecule has 0 spiro atoms. The topological polar surface area (TPSA) is 73.4 Å². The van der Waals surface area contributed by atoms with Gasteiger partial charge in [-0.1, -0.05) is 12.1 Å². The highest BCUT2D eigenvalue weighted by Gasteiger charge is 2.27. The number of aromatic nitrogens is 2. The molecule has 2 heterocycles. The maximum atomic E-state index is 11.9. The smallest absolute Gasteiger partial charge is 0.309 e. The minimum Gasteiger partial charge on any atom is -0.466 e. The summed E-state index contributed by atoms with van der Waals surface area (Å²) in [6.45, 7) is 6.82. The number of hydrogen-bond acceptors (Lipinski definition) is 5. The first-order chi connectivity index (χ1) is 12.1. The number of nitrogens with zero attached hydrogens (tertiary/aromatic N) is 3. The number of carbonyl (C=O) groups is 1. The first-order valence-corrected chi connectivity index (χ1v) is 8.86. The molecule has 0 bridgehead atoms. The molecule has 2 N–H and O–H groups in total. The zero-order chi connectivity index (χ0) is 17.8. The van der Waals surface area contributed by atoms with Gasteiger partial charge >= 0.3 is 5.97 Å². The van der Waals surface area contributed by atoms with Gasteiger partial charge in [-0.2, -0.15) is 0 Å². The molecule has 2 aromatic rings. The van der Waals surface area contributed by atoms with Gasteiger partial charge < -0.3 is 19.9 Å². The van der Waals surface area contributed by atoms with Crippen LogP contribution in [-0.4, -0.2) is 35.2 Å². The van der Waals surface area contributed by atoms with E-state index in [9.17, 15) is 4.79 Å². The van der Waals surface area contributed by atoms with Gasteiger partial charge in [-0.15, -0.1) is 0 Å². The second kappa shape index (κ2) is 7.59. The second-order valence-electron chi connectivity index (χ2n) is 6.56. The fourth-order valence-electron chi connectivity index (χ4n) is 3.38. The lowest BCUT2D eigenvalue weighted by molar-refractivity contribution is -0.148. The maximum Gasteiger partial charge on any atom is 0.309 e. The molecule has 1 fully saturated rings. The highest BCUT2D eigenvalue weighted by atomic mass is 16.5. The number of piperidine rings is 1. The summed E-state index contributed by atoms with van der Waals surface area (Å²) >= 11 is 0. The van der Waals surface area contributed by atoms with Crippen molar-refractivity contribution in [2.45, 2.75) is 33.2 Å². The van der Waals surface area contributed by atoms with Crippen molar-refractivity contribution in [1.29, 1.82) is 0 Å². The van der Waals surface area contributed by atoms with Gasteiger partial charge in [0.15, 0.2) is 5.95 Å². The molecule has 0 saturated carbocycles. The van der Waals surface area contributed by atoms with Gasteiger partial charge in [0.2, 0.25) is 0 Å². The van der Waals surface area contributed by atoms with E-state index < -0.39 is 0 Å². The Bertz CT molecular complexity index is 733. The molecule has 1 aromatic heterocycles. The summed E-state index contributed by atoms with van der Waals surface area (Å²) in [5.41, 5.74) is 9.57. The maximum absolute atomic E-state index is 11.9. The molecule has 0 unspecified atom stereocenters. The lowest BCUT2D eigenvalue weighted by atomic mass is 9.95. The van der Waals surface area contributed by atoms with Crippen molar-refractivity contribution in [2.24, 2.45) is 5.92 Å². The number of anilines is 2. The Morgan fingerprint density at radius 3 is 2.76 bits per heavy atom. The average Bonchev–Trinajstić information content (AvgIpc) is 3.02. The summed E-state index contributed by atoms with van der Waals surface area (Å²) in [6, 6.07) is 6.49. The number of carbonyl (C=O) groups excluding carboxylic acids is 1. The standard InChI is InChI=1S/C19H26N4O2/c1-3-25-18(24)15-6-9-22(10-7-15)17-12-14(2)4-5-16(17)13-23-11-8-21-19(23)20/h4-5,8,11-12,15H,3,6-7,9-10,13H2,1-2H3,(H2,20,21). The summed E-state index contributed by atoms with van der Waals surface area (Å²) in [5, 5.41) is 0. The molecular weight excluding hydrogens is 316 g/mol. The van der Waals surface area contributed by atoms with Gasteiger partial charge in [0.05, 0.1) is 19.1 Å². The molecular formula is C19H26N4O2. The van der Waals surface area contributed by atoms with Crippen molar-refractivity contribution in [2.75, 3.05) is 30.3 Å². The van der Waals surface area contributed by atoms with Crippen LogP contribution in [0.5, 0.6) is 0 Å². The Morgan fingerprint density at radius 2 is 2.12 bits per heavy atom. The molecule has 1 aliphatic heterocycles. The highest BCUT2D eigenvalue weighted by molar-refractivity contribution is 5.73. The number of aryl methyl sites for hydroxylation is 1. The van der Waals surface area contributed by atoms with Crippen LogP contribution in [0.3, 0.4) is 0 Å². The monoisotopic (exact) mass is 342 g/mol. The van der Waals surface area contributed by atoms with Crippen LogP contribution >= 0.6 is 0 Å². The number of benzene rings is 1. The van der Waals surface area contributed by atoms with Crippen molar-refractivity contribution >= 4 is 17.6 Å². The first-order valence-electron chi connectivity index (χ1n) is 8.86. The van der Waals surface area contributed by atoms with Crippen molar-refractivity contribution in [1.82, 2.24) is 9.55 Å². The minimum absolute atomic E-state index is 0.0220. The zero-order valence-corrected chi connectivity index (χ0v) is 14.9. The van der Waals surface area contributed by atoms with E-state index in [1.807, 2.05) is 17.7 Å². The van der Waals surface area contributed by atoms with Crippen molar-refractivity contribution in [3.8, 4) is 0 Å². The highest BCUT2D eigenvalue weighted by Crippen LogP contribution is 2.29. The molecule has 1 aliphatic rings. The van der Waals surface area contributed by atoms with Crippen molar-refractivity contribution in [3.05, 3.63) is 41.7 Å². The van der Waals surface area contributed by atoms with Crippen LogP contribution in [0.25, 0.3) is 0 Å². The Kier molecular flexibility index (Phi) is 5.26. The summed E-state index contributed by atoms with van der Waals surface area (Å²) in [7, 11) is 0. The summed E-state index contributed by atoms with van der Waals surface area (Å²) in [6.07, 6.45) is 5.28. The minimum atomic E-state index is -0.0576. The van der Waals surface area contributed by atoms with Gasteiger partial charge in [-0.25, -0.2) is 4.98 Å². The van der Waals surface area contributed by atoms with Gasteiger partial charge in [0, 0.05) is 31.2 Å². The van der Waals surface area contributed by atoms with Gasteiger partial charge in [-0.05, 0) is 43.9 Å². The third kappa shape index (κ3) is 3.95. The number of ether oxygens (including phenoxy) is 1. The van der Waals surface area contributed by atoms with Crippen LogP contribution in [0.1, 0.15) is 30.9 Å². The summed E-state index contributed by atoms with van der Waals surface area (Å²) < 4.78 is 7.11. The molecule has 6 heteroatoms. The van der Waals surface area contributed by atoms with E-state index in [1.165, 1.54) is 16.8 Å². The number of esters is 1. The third-order valence-electron chi connectivity index (χ3n) is 4.78. The molecule has 0 amide bonds. The van der Waals surface area contributed by atoms with Crippen LogP contribution in [0, 0.1) is 12.8 Å². The van der Waals surface area contributed by atoms with E-state index in [1.54, 1.807) is 6.20 Å². The number of nitrogens with two attached hydrogens (primary N) is 1. The fraction of sp³-hybridized carbons (Fsp3) is 0.474. The number of nitrogen functional groups attached to an aromatic ring is 1. The fourth-order valence-corrected chi connectivity index (χ4v) is 3.38. The predicted octanol–water partition coefficient (Wildman–Crippen LogP) is 2.60. The average molecular weight is 342 g/mol. The van der Waals surface area contributed by atoms with E-state index in [0.29, 0.717) is 19.1 Å². The van der Waals surface area contributed by atoms with Gasteiger partial charge in [0.1, 0.15) is 0 Å². The SMILES string of the molecule is CCOC(=O)C1CCN(c2cc(C)ccc2Cn2ccnc2N)CC1. The van der Waals surface area contributed by atoms with E-state index in [4.69, 9.17) is 10.5 Å². The Hall–Kier alpha value is -2.50. The summed E-state index contributed by atoms with van der Waals surface area (Å²) in [4.78, 5) is 18.4. The molecule has 0 radical (unpaired) electrons. The summed E-state index contributed by atoms with van der Waals surface area (Å²) in [5.74, 6) is 0.485. The van der Waals surface area contributed by atoms with Crippen LogP contribution < -0.4 is 10.6 Å². The number of rotatable bonds is 5. The van der Waals surface area contributed by atoms with Gasteiger partial charge in [0.25, 0.3) is 0 Å². The van der Waals surface area contributed by atoms with Crippen molar-refractivity contribution < 1.29 is 9.53 Å². The Labute approximate surface area is 148 Å². The van der Waals surface area contributed by atoms with E-state index >= 15 is 0 Å². The van der Waals surface area contributed by atoms with Crippen molar-refractivity contribution in [3.63, 3.8) is 0 Å². The molecule has 6 nitrogen and oxygen atoms in total. The first kappa shape index (κ1) is 17.3. The van der Waals surface area contributed by atoms with Crippen LogP contribution in [-0.2, 0) is 16.1 Å². The second-order valence-corrected chi connectivity index (χ2v) is 6.56. The molecule has 3 rings (SSSR count). The molecule has 0 aliphatic carbocycles. The van der Waals surface area contributed by atoms with E-state index in [-0.39, 0.29) is 11.9 Å². The molecule has 134 valence electrons. The lowest BCUT2D eigenvalue weighted by Crippen LogP contribution is -2.37. The molecule has 25 heavy (non-hydrogen) atoms. The zero-order valence-electron chi connectivity index (χ0n) is 14.9. The normalized spacial score (nSPS) is 15.4. The van der Waals surface area contributed by atoms with Crippen LogP contribution in [0.2, 0.25) is 0 Å². The van der Waals surface area contributed by atoms with Crippen LogP contribution in [0.15, 0.2) is 30.6 Å². The van der Waals surface area contributed by atoms with Crippen LogP contribution in [0.4, 0.5) is 11.6 Å². The quantitative estimate of drug-likeness (QED) is 0.846. The largest absolute Gasteiger partial charge is 0.466 e. The Morgan fingerprint density at radius 1 is 1.36 bits per heavy atom. The lowest BCUT2D eigenvalue weighted by Gasteiger charge is -2.34. The predicted molar refractivity (Wildman–Crippen MR) is 98.5 cm³/mol. The van der Waals surface area contributed by atoms with E-state index in [2.05, 4.69) is 35.0 Å². The molecule has 0 atom stereocenters. The Balaban J connectivity index is 1.75. The van der Waals surface area contributed by atoms with E-state index in [0.717, 1.165) is 25.9 Å². The van der Waals surface area contributed by atoms with Gasteiger partial charge in [-0.3, -0.25) is 4.79 Å². The molecule has 1 aromatic carbocycles. The molecule has 1 saturated heterocycles.